The molecule has 28 N–H and O–H groups in total. The molecule has 0 aliphatic carbocycles. The Balaban J connectivity index is 1.06. The Labute approximate surface area is 669 Å². The highest BCUT2D eigenvalue weighted by atomic mass is 32.3. The highest BCUT2D eigenvalue weighted by Gasteiger charge is 2.64. The van der Waals surface area contributed by atoms with Gasteiger partial charge >= 0.3 is 96.4 Å². The smallest absolute Gasteiger partial charge is 0.397 e. The molecule has 0 saturated carbocycles. The van der Waals surface area contributed by atoms with Crippen LogP contribution in [0.25, 0.3) is 0 Å². The highest BCUT2D eigenvalue weighted by Crippen LogP contribution is 2.41. The normalized spacial score (nSPS) is 42.9. The monoisotopic (exact) mass is 1910 g/mol. The van der Waals surface area contributed by atoms with Crippen LogP contribution in [0.1, 0.15) is 0 Å². The number of rotatable bonds is 37. The summed E-state index contributed by atoms with van der Waals surface area (Å²) in [5.74, 6) is -9.29. The van der Waals surface area contributed by atoms with Gasteiger partial charge in [0.1, 0.15) is 159 Å². The molecule has 8 rings (SSSR count). The molecule has 8 saturated heterocycles. The zero-order chi connectivity index (χ0) is 90.4. The molecule has 8 heterocycles. The van der Waals surface area contributed by atoms with Crippen molar-refractivity contribution in [3.63, 3.8) is 0 Å². The Kier molecular flexibility index (Phi) is 33.4. The summed E-state index contributed by atoms with van der Waals surface area (Å²) in [6, 6.07) is -8.72. The van der Waals surface area contributed by atoms with Crippen molar-refractivity contribution in [1.82, 2.24) is 14.2 Å². The van der Waals surface area contributed by atoms with E-state index in [0.29, 0.717) is 0 Å². The molecule has 120 heavy (non-hydrogen) atoms. The maximum atomic E-state index is 13.2. The standard InChI is InChI=1S/C48H77N3O62S7/c52-1-6-14(55)27(9(97-6)4-95-117(83,84)85)101-46-22(63)20(61)29(35(109-46)39(68)69)105-42-11(49-114(74,75)76)15(56)25(7(2-53)98-42)103-47-33(112-119(89,90)91)23(64)30(36(110-47)40(70)71)106-43-12(50-115(77,78)79)16(57)26(8(3-54)99-43)104-48-34(113-120(92,93)94)24(65)31(37(111-48)41(72)73)107-44-13(51-116(80,81)82)17(58)28(10(100-44)5-96-118(86,87)88)102-45-21(62)18(59)19(60)32(108-45)38(66)67/h6-37,42-65H,1-5H2,(H,66,67)(H,68,69)(H,70,71)(H,72,73)(H,74,75,76)(H,77,78,79)(H,80,81,82)(H,83,84,85)(H,86,87,88)(H,89,90,91)(H,92,93,94)/t6-,7-,8-,9-,10-,11-,12-,13-,14-,15-,16-,17-,18+,19+,20-,21-,22-,23+,24+,25-,26-,27-,28-,29+,30+,31+,32+,33-,34-,35-,36-,37-,42-,43-,44-,45-,46-,47-,48-/m1/s1. The van der Waals surface area contributed by atoms with E-state index in [2.05, 4.69) is 16.7 Å². The lowest BCUT2D eigenvalue weighted by atomic mass is 9.94. The molecule has 0 amide bonds. The quantitative estimate of drug-likeness (QED) is 0.0257. The number of carbonyl (C=O) groups is 4. The first-order valence-electron chi connectivity index (χ1n) is 32.9. The molecule has 8 aliphatic heterocycles. The van der Waals surface area contributed by atoms with Gasteiger partial charge in [-0.05, 0) is 0 Å². The number of aliphatic hydroxyl groups is 14. The van der Waals surface area contributed by atoms with Crippen LogP contribution in [-0.2, 0) is 179 Å². The van der Waals surface area contributed by atoms with Crippen LogP contribution in [0.3, 0.4) is 0 Å². The Bertz CT molecular complexity index is 4390. The van der Waals surface area contributed by atoms with E-state index in [1.807, 2.05) is 0 Å². The lowest BCUT2D eigenvalue weighted by Crippen LogP contribution is -2.71. The first-order valence-corrected chi connectivity index (χ1v) is 42.7. The van der Waals surface area contributed by atoms with Gasteiger partial charge in [0, 0.05) is 0 Å². The second-order valence-electron chi connectivity index (χ2n) is 26.3. The minimum atomic E-state index is -6.24. The molecule has 65 nitrogen and oxygen atoms in total. The summed E-state index contributed by atoms with van der Waals surface area (Å²) >= 11 is 0. The largest absolute Gasteiger partial charge is 0.479 e. The number of carboxylic acids is 4. The fourth-order valence-corrected chi connectivity index (χ4v) is 16.5. The molecule has 39 atom stereocenters. The Morgan fingerprint density at radius 1 is 0.258 bits per heavy atom. The average molecular weight is 1910 g/mol. The predicted octanol–water partition coefficient (Wildman–Crippen LogP) is -19.9. The molecule has 72 heteroatoms. The number of aliphatic carboxylic acids is 4. The van der Waals surface area contributed by atoms with Crippen molar-refractivity contribution in [3.05, 3.63) is 0 Å². The molecule has 0 aromatic rings. The van der Waals surface area contributed by atoms with E-state index >= 15 is 0 Å². The van der Waals surface area contributed by atoms with Gasteiger partial charge in [0.05, 0.1) is 33.0 Å². The van der Waals surface area contributed by atoms with E-state index in [-0.39, 0.29) is 0 Å². The number of ether oxygens (including phenoxy) is 15. The maximum absolute atomic E-state index is 13.2. The van der Waals surface area contributed by atoms with Gasteiger partial charge in [-0.25, -0.2) is 35.9 Å². The fourth-order valence-electron chi connectivity index (χ4n) is 13.1. The number of nitrogens with one attached hydrogen (secondary N) is 3. The summed E-state index contributed by atoms with van der Waals surface area (Å²) in [5, 5.41) is 196. The van der Waals surface area contributed by atoms with Crippen LogP contribution in [-0.4, -0.2) is 479 Å². The minimum Gasteiger partial charge on any atom is -0.479 e. The molecular formula is C48H77N3O62S7. The van der Waals surface area contributed by atoms with Crippen molar-refractivity contribution in [2.24, 2.45) is 0 Å². The van der Waals surface area contributed by atoms with Crippen LogP contribution in [0.2, 0.25) is 0 Å². The van der Waals surface area contributed by atoms with Gasteiger partial charge in [-0.2, -0.15) is 73.1 Å². The van der Waals surface area contributed by atoms with Crippen molar-refractivity contribution in [3.8, 4) is 0 Å². The molecule has 0 bridgehead atoms. The van der Waals surface area contributed by atoms with Gasteiger partial charge in [0.2, 0.25) is 0 Å². The topological polar surface area (TPSA) is 1020 Å². The molecule has 698 valence electrons. The van der Waals surface area contributed by atoms with E-state index in [1.54, 1.807) is 0 Å². The van der Waals surface area contributed by atoms with Crippen LogP contribution in [0.5, 0.6) is 0 Å². The summed E-state index contributed by atoms with van der Waals surface area (Å²) in [5.41, 5.74) is 0. The molecule has 0 unspecified atom stereocenters. The Morgan fingerprint density at radius 3 is 0.833 bits per heavy atom. The lowest BCUT2D eigenvalue weighted by molar-refractivity contribution is -0.378. The summed E-state index contributed by atoms with van der Waals surface area (Å²) in [4.78, 5) is 51.0. The van der Waals surface area contributed by atoms with Gasteiger partial charge in [0.25, 0.3) is 0 Å². The SMILES string of the molecule is O=C(O)[C@H]1O[C@@H](O[C@H]2[C@H](O)[C@@H](NS(=O)(=O)O)[C@@H](O[C@H]3[C@H](O)[C@@H](OS(=O)(=O)O)[C@H](O[C@H]4[C@H](O)[C@@H](NS(=O)(=O)O)[C@@H](O[C@H]5[C@H](O)[C@@H](OS(=O)(=O)O)[C@H](O[C@H]6[C@H](O)[C@@H](NS(=O)(=O)O)[C@@H](O[C@H]7[C@H](O)[C@@H](O)[C@H](O[C@H]8[C@H](O)[C@@H](CO)O[C@@H]8COS(=O)(=O)O)O[C@H]7C(=O)O)O[C@@H]6CO)O[C@H]5C(=O)O)O[C@@H]4CO)O[C@H]3C(=O)O)O[C@@H]2COS(=O)(=O)O)[C@H](O)[C@@H](O)[C@@H]1O. The van der Waals surface area contributed by atoms with Crippen molar-refractivity contribution in [2.45, 2.75) is 239 Å². The summed E-state index contributed by atoms with van der Waals surface area (Å²) in [7, 11) is -41.2. The van der Waals surface area contributed by atoms with Gasteiger partial charge in [-0.3, -0.25) is 31.9 Å². The molecule has 0 spiro atoms. The average Bonchev–Trinajstić information content (AvgIpc) is 1.16. The molecule has 0 radical (unpaired) electrons. The van der Waals surface area contributed by atoms with Gasteiger partial charge < -0.3 is 163 Å². The van der Waals surface area contributed by atoms with E-state index in [0.717, 1.165) is 0 Å². The van der Waals surface area contributed by atoms with E-state index < -0.39 is 369 Å². The molecule has 0 aromatic heterocycles. The first kappa shape index (κ1) is 101. The van der Waals surface area contributed by atoms with Crippen LogP contribution < -0.4 is 14.2 Å². The number of carboxylic acid groups (broad SMARTS) is 4. The number of hydrogen-bond acceptors (Lipinski definition) is 51. The first-order chi connectivity index (χ1) is 55.1. The van der Waals surface area contributed by atoms with Crippen molar-refractivity contribution in [1.29, 1.82) is 0 Å². The third-order valence-corrected chi connectivity index (χ3v) is 21.8. The van der Waals surface area contributed by atoms with Crippen LogP contribution >= 0.6 is 0 Å². The van der Waals surface area contributed by atoms with Crippen molar-refractivity contribution < 1.29 is 290 Å². The summed E-state index contributed by atoms with van der Waals surface area (Å²) in [6.07, 6.45) is -99.4. The van der Waals surface area contributed by atoms with E-state index in [9.17, 15) is 197 Å². The van der Waals surface area contributed by atoms with Gasteiger partial charge in [0.15, 0.2) is 80.7 Å². The van der Waals surface area contributed by atoms with Crippen molar-refractivity contribution >= 4 is 96.4 Å². The second-order valence-corrected chi connectivity index (χ2v) is 34.1. The highest BCUT2D eigenvalue weighted by molar-refractivity contribution is 7.84. The van der Waals surface area contributed by atoms with Gasteiger partial charge in [-0.1, -0.05) is 0 Å². The molecule has 0 aromatic carbocycles. The number of hydrogen-bond donors (Lipinski definition) is 28. The zero-order valence-electron chi connectivity index (χ0n) is 58.7. The molecule has 8 aliphatic rings. The van der Waals surface area contributed by atoms with Crippen LogP contribution in [0.4, 0.5) is 0 Å². The number of aliphatic hydroxyl groups excluding tert-OH is 14. The van der Waals surface area contributed by atoms with Gasteiger partial charge in [-0.15, -0.1) is 0 Å². The Hall–Kier alpha value is -4.19. The molecular weight excluding hydrogens is 1830 g/mol. The molecule has 8 fully saturated rings. The fraction of sp³-hybridized carbons (Fsp3) is 0.917. The maximum Gasteiger partial charge on any atom is 0.397 e. The lowest BCUT2D eigenvalue weighted by Gasteiger charge is -2.50. The van der Waals surface area contributed by atoms with Crippen molar-refractivity contribution in [2.75, 3.05) is 33.0 Å². The third-order valence-electron chi connectivity index (χ3n) is 18.2. The Morgan fingerprint density at radius 2 is 0.525 bits per heavy atom. The van der Waals surface area contributed by atoms with Crippen LogP contribution in [0, 0.1) is 0 Å². The summed E-state index contributed by atoms with van der Waals surface area (Å²) < 4.78 is 342. The van der Waals surface area contributed by atoms with Crippen LogP contribution in [0.15, 0.2) is 0 Å². The second kappa shape index (κ2) is 39.6. The van der Waals surface area contributed by atoms with E-state index in [4.69, 9.17) is 75.6 Å². The predicted molar refractivity (Wildman–Crippen MR) is 345 cm³/mol. The van der Waals surface area contributed by atoms with E-state index in [1.165, 1.54) is 14.2 Å². The third kappa shape index (κ3) is 25.4. The zero-order valence-corrected chi connectivity index (χ0v) is 64.4. The minimum absolute atomic E-state index is 1.04. The summed E-state index contributed by atoms with van der Waals surface area (Å²) in [6.45, 7) is -7.42.